The highest BCUT2D eigenvalue weighted by molar-refractivity contribution is 5.80. The molecule has 1 fully saturated rings. The van der Waals surface area contributed by atoms with E-state index in [9.17, 15) is 0 Å². The summed E-state index contributed by atoms with van der Waals surface area (Å²) in [5.74, 6) is 2.20. The molecule has 1 saturated carbocycles. The molecule has 1 aliphatic heterocycles. The number of nitrogens with two attached hydrogens (primary N) is 1. The van der Waals surface area contributed by atoms with Gasteiger partial charge in [-0.05, 0) is 31.1 Å². The molecule has 3 unspecified atom stereocenters. The minimum atomic E-state index is 0.205. The normalized spacial score (nSPS) is 44.6. The molecule has 2 rings (SSSR count). The zero-order valence-electron chi connectivity index (χ0n) is 8.51. The van der Waals surface area contributed by atoms with E-state index in [-0.39, 0.29) is 5.54 Å². The highest BCUT2D eigenvalue weighted by atomic mass is 15.2. The van der Waals surface area contributed by atoms with Crippen molar-refractivity contribution in [1.82, 2.24) is 5.32 Å². The fourth-order valence-electron chi connectivity index (χ4n) is 2.68. The van der Waals surface area contributed by atoms with Crippen LogP contribution in [0.2, 0.25) is 0 Å². The van der Waals surface area contributed by atoms with Crippen molar-refractivity contribution in [2.24, 2.45) is 22.6 Å². The lowest BCUT2D eigenvalue weighted by Crippen LogP contribution is -2.54. The summed E-state index contributed by atoms with van der Waals surface area (Å²) in [5.41, 5.74) is 5.88. The zero-order valence-corrected chi connectivity index (χ0v) is 8.51. The summed E-state index contributed by atoms with van der Waals surface area (Å²) < 4.78 is 0. The van der Waals surface area contributed by atoms with Gasteiger partial charge in [-0.1, -0.05) is 13.8 Å². The number of nitrogens with one attached hydrogen (secondary N) is 1. The summed E-state index contributed by atoms with van der Waals surface area (Å²) in [5, 5.41) is 3.37. The monoisotopic (exact) mass is 181 g/mol. The van der Waals surface area contributed by atoms with Crippen molar-refractivity contribution >= 4 is 5.96 Å². The maximum absolute atomic E-state index is 5.68. The molecule has 3 heteroatoms. The van der Waals surface area contributed by atoms with Crippen LogP contribution in [0.4, 0.5) is 0 Å². The van der Waals surface area contributed by atoms with E-state index in [2.05, 4.69) is 24.2 Å². The first-order chi connectivity index (χ1) is 6.12. The van der Waals surface area contributed by atoms with Crippen molar-refractivity contribution in [2.75, 3.05) is 6.54 Å². The molecule has 3 atom stereocenters. The summed E-state index contributed by atoms with van der Waals surface area (Å²) >= 11 is 0. The maximum atomic E-state index is 5.68. The summed E-state index contributed by atoms with van der Waals surface area (Å²) in [6.07, 6.45) is 3.83. The smallest absolute Gasteiger partial charge is 0.189 e. The van der Waals surface area contributed by atoms with Gasteiger partial charge >= 0.3 is 0 Å². The number of hydrogen-bond donors (Lipinski definition) is 2. The summed E-state index contributed by atoms with van der Waals surface area (Å²) in [6, 6.07) is 0. The number of hydrogen-bond acceptors (Lipinski definition) is 3. The number of aliphatic imine (C=N–C) groups is 1. The fraction of sp³-hybridized carbons (Fsp3) is 0.900. The molecule has 0 radical (unpaired) electrons. The maximum Gasteiger partial charge on any atom is 0.189 e. The van der Waals surface area contributed by atoms with Gasteiger partial charge in [-0.25, -0.2) is 0 Å². The van der Waals surface area contributed by atoms with Gasteiger partial charge in [0.15, 0.2) is 5.96 Å². The largest absolute Gasteiger partial charge is 0.370 e. The summed E-state index contributed by atoms with van der Waals surface area (Å²) in [4.78, 5) is 4.27. The lowest BCUT2D eigenvalue weighted by atomic mass is 9.70. The second kappa shape index (κ2) is 2.89. The fourth-order valence-corrected chi connectivity index (χ4v) is 2.68. The third-order valence-corrected chi connectivity index (χ3v) is 3.69. The van der Waals surface area contributed by atoms with Crippen molar-refractivity contribution in [3.05, 3.63) is 0 Å². The average molecular weight is 181 g/mol. The Balaban J connectivity index is 2.08. The molecule has 2 aliphatic rings. The standard InChI is InChI=1S/C10H19N3/c1-7-3-4-10(8(2)5-7)6-12-9(11)13-10/h7-8H,3-6H2,1-2H3,(H3,11,12,13). The van der Waals surface area contributed by atoms with E-state index in [1.54, 1.807) is 0 Å². The lowest BCUT2D eigenvalue weighted by molar-refractivity contribution is 0.160. The van der Waals surface area contributed by atoms with Gasteiger partial charge in [0.25, 0.3) is 0 Å². The minimum Gasteiger partial charge on any atom is -0.370 e. The van der Waals surface area contributed by atoms with Gasteiger partial charge in [-0.2, -0.15) is 0 Å². The molecule has 1 heterocycles. The Morgan fingerprint density at radius 3 is 2.85 bits per heavy atom. The Bertz CT molecular complexity index is 236. The molecule has 1 aliphatic carbocycles. The highest BCUT2D eigenvalue weighted by Crippen LogP contribution is 2.38. The van der Waals surface area contributed by atoms with Crippen LogP contribution in [0, 0.1) is 11.8 Å². The Morgan fingerprint density at radius 1 is 1.54 bits per heavy atom. The zero-order chi connectivity index (χ0) is 9.47. The van der Waals surface area contributed by atoms with Gasteiger partial charge < -0.3 is 11.1 Å². The Kier molecular flexibility index (Phi) is 1.97. The van der Waals surface area contributed by atoms with E-state index in [1.165, 1.54) is 19.3 Å². The van der Waals surface area contributed by atoms with Gasteiger partial charge in [-0.3, -0.25) is 4.99 Å². The molecule has 3 nitrogen and oxygen atoms in total. The van der Waals surface area contributed by atoms with Crippen LogP contribution in [0.1, 0.15) is 33.1 Å². The van der Waals surface area contributed by atoms with Crippen LogP contribution >= 0.6 is 0 Å². The van der Waals surface area contributed by atoms with Gasteiger partial charge in [0.2, 0.25) is 0 Å². The summed E-state index contributed by atoms with van der Waals surface area (Å²) in [6.45, 7) is 5.53. The number of guanidine groups is 1. The van der Waals surface area contributed by atoms with Crippen LogP contribution in [-0.4, -0.2) is 18.0 Å². The molecule has 13 heavy (non-hydrogen) atoms. The molecule has 0 aromatic heterocycles. The molecule has 1 spiro atoms. The molecule has 0 amide bonds. The Labute approximate surface area is 79.8 Å². The molecule has 0 aromatic rings. The van der Waals surface area contributed by atoms with Gasteiger partial charge in [-0.15, -0.1) is 0 Å². The van der Waals surface area contributed by atoms with Crippen molar-refractivity contribution in [2.45, 2.75) is 38.6 Å². The second-order valence-electron chi connectivity index (χ2n) is 4.76. The molecular formula is C10H19N3. The predicted octanol–water partition coefficient (Wildman–Crippen LogP) is 1.10. The van der Waals surface area contributed by atoms with Crippen LogP contribution in [0.25, 0.3) is 0 Å². The quantitative estimate of drug-likeness (QED) is 0.588. The SMILES string of the molecule is CC1CCC2(CN=C(N)N2)C(C)C1. The van der Waals surface area contributed by atoms with E-state index in [0.29, 0.717) is 11.9 Å². The van der Waals surface area contributed by atoms with Gasteiger partial charge in [0.05, 0.1) is 12.1 Å². The van der Waals surface area contributed by atoms with E-state index in [4.69, 9.17) is 5.73 Å². The van der Waals surface area contributed by atoms with E-state index >= 15 is 0 Å². The highest BCUT2D eigenvalue weighted by Gasteiger charge is 2.42. The molecule has 0 aromatic carbocycles. The third-order valence-electron chi connectivity index (χ3n) is 3.69. The first-order valence-electron chi connectivity index (χ1n) is 5.20. The topological polar surface area (TPSA) is 50.4 Å². The van der Waals surface area contributed by atoms with E-state index < -0.39 is 0 Å². The number of rotatable bonds is 0. The van der Waals surface area contributed by atoms with Crippen molar-refractivity contribution in [1.29, 1.82) is 0 Å². The first-order valence-corrected chi connectivity index (χ1v) is 5.20. The van der Waals surface area contributed by atoms with Crippen molar-refractivity contribution < 1.29 is 0 Å². The van der Waals surface area contributed by atoms with Crippen LogP contribution in [-0.2, 0) is 0 Å². The molecule has 0 saturated heterocycles. The van der Waals surface area contributed by atoms with Crippen LogP contribution in [0.5, 0.6) is 0 Å². The van der Waals surface area contributed by atoms with E-state index in [0.717, 1.165) is 12.5 Å². The molecule has 3 N–H and O–H groups in total. The van der Waals surface area contributed by atoms with Crippen LogP contribution in [0.15, 0.2) is 4.99 Å². The second-order valence-corrected chi connectivity index (χ2v) is 4.76. The Morgan fingerprint density at radius 2 is 2.31 bits per heavy atom. The third kappa shape index (κ3) is 1.40. The predicted molar refractivity (Wildman–Crippen MR) is 54.5 cm³/mol. The average Bonchev–Trinajstić information content (AvgIpc) is 2.43. The van der Waals surface area contributed by atoms with Crippen molar-refractivity contribution in [3.8, 4) is 0 Å². The van der Waals surface area contributed by atoms with Gasteiger partial charge in [0.1, 0.15) is 0 Å². The summed E-state index contributed by atoms with van der Waals surface area (Å²) in [7, 11) is 0. The lowest BCUT2D eigenvalue weighted by Gasteiger charge is -2.41. The van der Waals surface area contributed by atoms with E-state index in [1.807, 2.05) is 0 Å². The van der Waals surface area contributed by atoms with Crippen molar-refractivity contribution in [3.63, 3.8) is 0 Å². The minimum absolute atomic E-state index is 0.205. The van der Waals surface area contributed by atoms with Crippen LogP contribution < -0.4 is 11.1 Å². The molecular weight excluding hydrogens is 162 g/mol. The number of nitrogens with zero attached hydrogens (tertiary/aromatic N) is 1. The Hall–Kier alpha value is -0.730. The van der Waals surface area contributed by atoms with Crippen LogP contribution in [0.3, 0.4) is 0 Å². The van der Waals surface area contributed by atoms with Gasteiger partial charge in [0, 0.05) is 0 Å². The first kappa shape index (κ1) is 8.85. The molecule has 74 valence electrons. The molecule has 0 bridgehead atoms.